The molecule has 0 saturated carbocycles. The highest BCUT2D eigenvalue weighted by atomic mass is 16.5. The number of methoxy groups -OCH3 is 1. The van der Waals surface area contributed by atoms with E-state index in [-0.39, 0.29) is 0 Å². The summed E-state index contributed by atoms with van der Waals surface area (Å²) in [4.78, 5) is 8.94. The maximum Gasteiger partial charge on any atom is 0.127 e. The molecule has 0 aliphatic carbocycles. The van der Waals surface area contributed by atoms with Crippen molar-refractivity contribution < 1.29 is 14.6 Å². The lowest BCUT2D eigenvalue weighted by Gasteiger charge is -2.39. The molecule has 3 heterocycles. The lowest BCUT2D eigenvalue weighted by atomic mass is 9.92. The molecule has 2 aliphatic rings. The summed E-state index contributed by atoms with van der Waals surface area (Å²) in [6.07, 6.45) is 5.75. The van der Waals surface area contributed by atoms with Gasteiger partial charge in [-0.15, -0.1) is 0 Å². The molecule has 4 rings (SSSR count). The predicted molar refractivity (Wildman–Crippen MR) is 112 cm³/mol. The summed E-state index contributed by atoms with van der Waals surface area (Å²) in [7, 11) is 1.66. The van der Waals surface area contributed by atoms with Gasteiger partial charge in [-0.3, -0.25) is 9.88 Å². The molecule has 6 nitrogen and oxygen atoms in total. The molecule has 2 aromatic rings. The van der Waals surface area contributed by atoms with Crippen LogP contribution in [0.5, 0.6) is 11.5 Å². The molecule has 0 unspecified atom stereocenters. The Morgan fingerprint density at radius 1 is 1.17 bits per heavy atom. The molecule has 1 atom stereocenters. The highest BCUT2D eigenvalue weighted by Gasteiger charge is 2.28. The lowest BCUT2D eigenvalue weighted by molar-refractivity contribution is 0.0742. The van der Waals surface area contributed by atoms with Gasteiger partial charge < -0.3 is 19.5 Å². The van der Waals surface area contributed by atoms with Gasteiger partial charge in [-0.2, -0.15) is 0 Å². The summed E-state index contributed by atoms with van der Waals surface area (Å²) >= 11 is 0. The average Bonchev–Trinajstić information content (AvgIpc) is 3.23. The number of aromatic nitrogens is 1. The molecule has 156 valence electrons. The van der Waals surface area contributed by atoms with Crippen molar-refractivity contribution in [1.29, 1.82) is 0 Å². The highest BCUT2D eigenvalue weighted by Crippen LogP contribution is 2.31. The number of aliphatic hydroxyl groups is 1. The van der Waals surface area contributed by atoms with Gasteiger partial charge in [0.25, 0.3) is 0 Å². The molecular weight excluding hydrogens is 366 g/mol. The second kappa shape index (κ2) is 9.57. The quantitative estimate of drug-likeness (QED) is 0.702. The number of nitrogens with zero attached hydrogens (tertiary/aromatic N) is 3. The molecule has 29 heavy (non-hydrogen) atoms. The van der Waals surface area contributed by atoms with Crippen LogP contribution in [0.2, 0.25) is 0 Å². The molecule has 0 amide bonds. The van der Waals surface area contributed by atoms with Crippen molar-refractivity contribution in [3.8, 4) is 11.5 Å². The van der Waals surface area contributed by atoms with E-state index in [2.05, 4.69) is 26.9 Å². The monoisotopic (exact) mass is 397 g/mol. The third-order valence-electron chi connectivity index (χ3n) is 5.88. The van der Waals surface area contributed by atoms with Crippen molar-refractivity contribution in [2.45, 2.75) is 31.4 Å². The Morgan fingerprint density at radius 3 is 2.72 bits per heavy atom. The standard InChI is InChI=1S/C23H31N3O3/c1-28-22-7-6-19(13-26-14-20(15-26)18-5-4-8-24-12-18)23(11-22)29-17-21(27)16-25-9-2-3-10-25/h4-8,11-12,20-21,27H,2-3,9-10,13-17H2,1H3/t21-/m1/s1. The van der Waals surface area contributed by atoms with E-state index >= 15 is 0 Å². The van der Waals surface area contributed by atoms with E-state index in [1.165, 1.54) is 18.4 Å². The van der Waals surface area contributed by atoms with E-state index in [1.807, 2.05) is 30.6 Å². The maximum atomic E-state index is 10.4. The van der Waals surface area contributed by atoms with E-state index in [0.29, 0.717) is 19.1 Å². The summed E-state index contributed by atoms with van der Waals surface area (Å²) in [5.74, 6) is 2.12. The van der Waals surface area contributed by atoms with Crippen molar-refractivity contribution in [3.63, 3.8) is 0 Å². The molecule has 2 saturated heterocycles. The molecule has 0 radical (unpaired) electrons. The smallest absolute Gasteiger partial charge is 0.127 e. The molecule has 2 aliphatic heterocycles. The summed E-state index contributed by atoms with van der Waals surface area (Å²) in [6, 6.07) is 10.1. The summed E-state index contributed by atoms with van der Waals surface area (Å²) in [5, 5.41) is 10.4. The third kappa shape index (κ3) is 5.26. The number of pyridine rings is 1. The van der Waals surface area contributed by atoms with Gasteiger partial charge in [0.15, 0.2) is 0 Å². The van der Waals surface area contributed by atoms with Gasteiger partial charge in [-0.25, -0.2) is 0 Å². The molecule has 1 aromatic heterocycles. The van der Waals surface area contributed by atoms with Crippen LogP contribution in [0.25, 0.3) is 0 Å². The van der Waals surface area contributed by atoms with Gasteiger partial charge in [-0.05, 0) is 43.6 Å². The van der Waals surface area contributed by atoms with Gasteiger partial charge >= 0.3 is 0 Å². The Kier molecular flexibility index (Phi) is 6.64. The Morgan fingerprint density at radius 2 is 2.00 bits per heavy atom. The van der Waals surface area contributed by atoms with Crippen molar-refractivity contribution in [1.82, 2.24) is 14.8 Å². The Bertz CT molecular complexity index is 774. The Hall–Kier alpha value is -2.15. The molecule has 6 heteroatoms. The first kappa shape index (κ1) is 20.1. The maximum absolute atomic E-state index is 10.4. The number of rotatable bonds is 9. The minimum absolute atomic E-state index is 0.301. The van der Waals surface area contributed by atoms with Crippen molar-refractivity contribution in [2.24, 2.45) is 0 Å². The number of hydrogen-bond acceptors (Lipinski definition) is 6. The zero-order valence-corrected chi connectivity index (χ0v) is 17.2. The van der Waals surface area contributed by atoms with E-state index in [9.17, 15) is 5.11 Å². The van der Waals surface area contributed by atoms with Crippen LogP contribution in [-0.2, 0) is 6.54 Å². The molecule has 1 aromatic carbocycles. The number of β-amino-alcohol motifs (C(OH)–C–C–N with tert-alkyl or cyclic N) is 1. The van der Waals surface area contributed by atoms with E-state index in [4.69, 9.17) is 9.47 Å². The first-order valence-corrected chi connectivity index (χ1v) is 10.5. The van der Waals surface area contributed by atoms with Crippen molar-refractivity contribution in [3.05, 3.63) is 53.9 Å². The fourth-order valence-corrected chi connectivity index (χ4v) is 4.20. The van der Waals surface area contributed by atoms with Crippen LogP contribution < -0.4 is 9.47 Å². The minimum atomic E-state index is -0.480. The van der Waals surface area contributed by atoms with E-state index < -0.39 is 6.10 Å². The predicted octanol–water partition coefficient (Wildman–Crippen LogP) is 2.53. The van der Waals surface area contributed by atoms with Gasteiger partial charge in [0.05, 0.1) is 7.11 Å². The van der Waals surface area contributed by atoms with Crippen LogP contribution >= 0.6 is 0 Å². The number of benzene rings is 1. The van der Waals surface area contributed by atoms with Crippen LogP contribution in [0.15, 0.2) is 42.7 Å². The fourth-order valence-electron chi connectivity index (χ4n) is 4.20. The lowest BCUT2D eigenvalue weighted by Crippen LogP contribution is -2.44. The van der Waals surface area contributed by atoms with Crippen LogP contribution in [0.1, 0.15) is 29.9 Å². The van der Waals surface area contributed by atoms with Gasteiger partial charge in [0.2, 0.25) is 0 Å². The zero-order valence-electron chi connectivity index (χ0n) is 17.2. The second-order valence-electron chi connectivity index (χ2n) is 8.12. The van der Waals surface area contributed by atoms with Crippen molar-refractivity contribution >= 4 is 0 Å². The average molecular weight is 398 g/mol. The van der Waals surface area contributed by atoms with Crippen LogP contribution in [0, 0.1) is 0 Å². The molecule has 1 N–H and O–H groups in total. The summed E-state index contributed by atoms with van der Waals surface area (Å²) < 4.78 is 11.4. The van der Waals surface area contributed by atoms with E-state index in [1.54, 1.807) is 7.11 Å². The molecular formula is C23H31N3O3. The molecule has 2 fully saturated rings. The van der Waals surface area contributed by atoms with Gasteiger partial charge in [-0.1, -0.05) is 12.1 Å². The topological polar surface area (TPSA) is 58.1 Å². The summed E-state index contributed by atoms with van der Waals surface area (Å²) in [5.41, 5.74) is 2.43. The first-order chi connectivity index (χ1) is 14.2. The largest absolute Gasteiger partial charge is 0.497 e. The molecule has 0 spiro atoms. The SMILES string of the molecule is COc1ccc(CN2CC(c3cccnc3)C2)c(OC[C@H](O)CN2CCCC2)c1. The minimum Gasteiger partial charge on any atom is -0.497 e. The number of likely N-dealkylation sites (tertiary alicyclic amines) is 2. The Labute approximate surface area is 173 Å². The third-order valence-corrected chi connectivity index (χ3v) is 5.88. The van der Waals surface area contributed by atoms with Crippen LogP contribution in [0.4, 0.5) is 0 Å². The van der Waals surface area contributed by atoms with Gasteiger partial charge in [0, 0.05) is 56.1 Å². The van der Waals surface area contributed by atoms with Crippen LogP contribution in [0.3, 0.4) is 0 Å². The second-order valence-corrected chi connectivity index (χ2v) is 8.12. The number of aliphatic hydroxyl groups excluding tert-OH is 1. The molecule has 0 bridgehead atoms. The first-order valence-electron chi connectivity index (χ1n) is 10.5. The fraction of sp³-hybridized carbons (Fsp3) is 0.522. The van der Waals surface area contributed by atoms with Gasteiger partial charge in [0.1, 0.15) is 24.2 Å². The zero-order chi connectivity index (χ0) is 20.1. The van der Waals surface area contributed by atoms with E-state index in [0.717, 1.165) is 49.8 Å². The number of ether oxygens (including phenoxy) is 2. The van der Waals surface area contributed by atoms with Crippen molar-refractivity contribution in [2.75, 3.05) is 46.4 Å². The highest BCUT2D eigenvalue weighted by molar-refractivity contribution is 5.41. The summed E-state index contributed by atoms with van der Waals surface area (Å²) in [6.45, 7) is 6.01. The Balaban J connectivity index is 1.33. The number of hydrogen-bond donors (Lipinski definition) is 1. The van der Waals surface area contributed by atoms with Crippen LogP contribution in [-0.4, -0.2) is 72.4 Å². The normalized spacial score (nSPS) is 19.1.